The van der Waals surface area contributed by atoms with Crippen LogP contribution in [0.2, 0.25) is 0 Å². The Bertz CT molecular complexity index is 1010. The van der Waals surface area contributed by atoms with Crippen LogP contribution in [0, 0.1) is 12.8 Å². The van der Waals surface area contributed by atoms with E-state index in [9.17, 15) is 0 Å². The van der Waals surface area contributed by atoms with Gasteiger partial charge < -0.3 is 10.5 Å². The molecule has 3 saturated heterocycles. The largest absolute Gasteiger partial charge is 0.473 e. The maximum Gasteiger partial charge on any atom is 0.213 e. The van der Waals surface area contributed by atoms with Gasteiger partial charge in [0.05, 0.1) is 6.54 Å². The normalized spacial score (nSPS) is 24.0. The van der Waals surface area contributed by atoms with Crippen molar-refractivity contribution in [3.63, 3.8) is 0 Å². The van der Waals surface area contributed by atoms with E-state index in [1.165, 1.54) is 25.9 Å². The topological polar surface area (TPSA) is 95.0 Å². The van der Waals surface area contributed by atoms with Gasteiger partial charge in [-0.1, -0.05) is 6.07 Å². The zero-order chi connectivity index (χ0) is 19.3. The Labute approximate surface area is 171 Å². The van der Waals surface area contributed by atoms with Crippen LogP contribution in [0.3, 0.4) is 0 Å². The Morgan fingerprint density at radius 2 is 2.04 bits per heavy atom. The highest BCUT2D eigenvalue weighted by Gasteiger charge is 2.35. The molecule has 3 aromatic rings. The van der Waals surface area contributed by atoms with E-state index < -0.39 is 0 Å². The Kier molecular flexibility index (Phi) is 4.43. The van der Waals surface area contributed by atoms with Crippen molar-refractivity contribution < 1.29 is 4.74 Å². The van der Waals surface area contributed by atoms with Crippen LogP contribution in [-0.4, -0.2) is 55.1 Å². The van der Waals surface area contributed by atoms with Crippen LogP contribution < -0.4 is 10.5 Å². The minimum absolute atomic E-state index is 0.259. The molecule has 28 heavy (non-hydrogen) atoms. The zero-order valence-electron chi connectivity index (χ0n) is 15.7. The number of pyridine rings is 1. The number of hydrogen-bond acceptors (Lipinski definition) is 7. The third-order valence-electron chi connectivity index (χ3n) is 5.69. The van der Waals surface area contributed by atoms with Crippen molar-refractivity contribution in [1.82, 2.24) is 29.4 Å². The van der Waals surface area contributed by atoms with Gasteiger partial charge in [-0.2, -0.15) is 0 Å². The van der Waals surface area contributed by atoms with Crippen molar-refractivity contribution >= 4 is 32.9 Å². The third-order valence-corrected chi connectivity index (χ3v) is 6.30. The molecule has 0 saturated carbocycles. The number of nitrogens with zero attached hydrogens (tertiary/aromatic N) is 6. The van der Waals surface area contributed by atoms with E-state index >= 15 is 0 Å². The highest BCUT2D eigenvalue weighted by molar-refractivity contribution is 9.10. The summed E-state index contributed by atoms with van der Waals surface area (Å²) in [6, 6.07) is 3.99. The number of imidazole rings is 1. The number of halogens is 1. The average Bonchev–Trinajstić information content (AvgIpc) is 3.00. The lowest BCUT2D eigenvalue weighted by molar-refractivity contribution is -0.00994. The van der Waals surface area contributed by atoms with Gasteiger partial charge in [-0.3, -0.25) is 9.47 Å². The second-order valence-corrected chi connectivity index (χ2v) is 8.30. The SMILES string of the molecule is Cc1nc(N)c2nc(Br)n(Cc3ccc(O[C@@H]4CN5CCC4CC5)nc3)c2n1. The minimum Gasteiger partial charge on any atom is -0.473 e. The summed E-state index contributed by atoms with van der Waals surface area (Å²) < 4.78 is 8.82. The first-order valence-electron chi connectivity index (χ1n) is 9.56. The molecule has 3 aliphatic heterocycles. The van der Waals surface area contributed by atoms with Crippen LogP contribution in [-0.2, 0) is 6.54 Å². The molecule has 6 heterocycles. The predicted octanol–water partition coefficient (Wildman–Crippen LogP) is 2.40. The summed E-state index contributed by atoms with van der Waals surface area (Å²) in [6.07, 6.45) is 4.58. The number of rotatable bonds is 4. The second-order valence-electron chi connectivity index (χ2n) is 7.59. The van der Waals surface area contributed by atoms with Gasteiger partial charge in [-0.15, -0.1) is 0 Å². The van der Waals surface area contributed by atoms with E-state index in [4.69, 9.17) is 10.5 Å². The number of aryl methyl sites for hydroxylation is 1. The van der Waals surface area contributed by atoms with Crippen molar-refractivity contribution in [3.05, 3.63) is 34.5 Å². The Balaban J connectivity index is 1.34. The number of aromatic nitrogens is 5. The molecule has 8 nitrogen and oxygen atoms in total. The molecular weight excluding hydrogens is 422 g/mol. The van der Waals surface area contributed by atoms with Gasteiger partial charge in [-0.05, 0) is 60.3 Å². The van der Waals surface area contributed by atoms with Gasteiger partial charge in [0.2, 0.25) is 5.88 Å². The van der Waals surface area contributed by atoms with E-state index in [2.05, 4.69) is 40.8 Å². The maximum absolute atomic E-state index is 6.19. The monoisotopic (exact) mass is 443 g/mol. The molecular formula is C19H22BrN7O. The lowest BCUT2D eigenvalue weighted by Crippen LogP contribution is -2.52. The lowest BCUT2D eigenvalue weighted by Gasteiger charge is -2.44. The van der Waals surface area contributed by atoms with Gasteiger partial charge >= 0.3 is 0 Å². The van der Waals surface area contributed by atoms with E-state index in [1.54, 1.807) is 0 Å². The Morgan fingerprint density at radius 1 is 1.21 bits per heavy atom. The molecule has 0 spiro atoms. The van der Waals surface area contributed by atoms with E-state index in [0.717, 1.165) is 12.1 Å². The summed E-state index contributed by atoms with van der Waals surface area (Å²) >= 11 is 3.50. The zero-order valence-corrected chi connectivity index (χ0v) is 17.3. The third kappa shape index (κ3) is 3.22. The van der Waals surface area contributed by atoms with Crippen molar-refractivity contribution in [2.45, 2.75) is 32.4 Å². The number of anilines is 1. The molecule has 2 bridgehead atoms. The Morgan fingerprint density at radius 3 is 2.71 bits per heavy atom. The quantitative estimate of drug-likeness (QED) is 0.618. The standard InChI is InChI=1S/C19H22BrN7O/c1-11-23-17(21)16-18(24-11)27(19(20)25-16)9-12-2-3-15(22-8-12)28-14-10-26-6-4-13(14)5-7-26/h2-3,8,13-14H,4-7,9-10H2,1H3,(H2,21,23,24)/t14-/m1/s1. The minimum atomic E-state index is 0.259. The maximum atomic E-state index is 6.19. The summed E-state index contributed by atoms with van der Waals surface area (Å²) in [5.74, 6) is 2.37. The number of piperidine rings is 3. The fraction of sp³-hybridized carbons (Fsp3) is 0.474. The van der Waals surface area contributed by atoms with Gasteiger partial charge in [0, 0.05) is 18.8 Å². The predicted molar refractivity (Wildman–Crippen MR) is 109 cm³/mol. The Hall–Kier alpha value is -2.26. The molecule has 0 aromatic carbocycles. The fourth-order valence-corrected chi connectivity index (χ4v) is 4.68. The molecule has 9 heteroatoms. The second kappa shape index (κ2) is 6.97. The molecule has 3 aliphatic rings. The summed E-state index contributed by atoms with van der Waals surface area (Å²) in [7, 11) is 0. The molecule has 0 amide bonds. The molecule has 6 rings (SSSR count). The van der Waals surface area contributed by atoms with Crippen molar-refractivity contribution in [2.75, 3.05) is 25.4 Å². The first kappa shape index (κ1) is 17.8. The number of ether oxygens (including phenoxy) is 1. The van der Waals surface area contributed by atoms with Gasteiger partial charge in [0.25, 0.3) is 0 Å². The number of fused-ring (bicyclic) bond motifs is 4. The van der Waals surface area contributed by atoms with Crippen LogP contribution in [0.15, 0.2) is 23.1 Å². The summed E-state index contributed by atoms with van der Waals surface area (Å²) in [6.45, 7) is 5.84. The number of nitrogens with two attached hydrogens (primary N) is 1. The van der Waals surface area contributed by atoms with Crippen LogP contribution in [0.5, 0.6) is 5.88 Å². The van der Waals surface area contributed by atoms with Gasteiger partial charge in [-0.25, -0.2) is 19.9 Å². The van der Waals surface area contributed by atoms with Crippen LogP contribution in [0.25, 0.3) is 11.2 Å². The molecule has 146 valence electrons. The number of nitrogen functional groups attached to an aromatic ring is 1. The van der Waals surface area contributed by atoms with E-state index in [1.807, 2.05) is 29.8 Å². The molecule has 0 unspecified atom stereocenters. The van der Waals surface area contributed by atoms with Crippen LogP contribution in [0.4, 0.5) is 5.82 Å². The molecule has 1 atom stereocenters. The molecule has 2 N–H and O–H groups in total. The number of hydrogen-bond donors (Lipinski definition) is 1. The highest BCUT2D eigenvalue weighted by Crippen LogP contribution is 2.30. The summed E-state index contributed by atoms with van der Waals surface area (Å²) in [5, 5.41) is 0. The molecule has 0 radical (unpaired) electrons. The van der Waals surface area contributed by atoms with Crippen LogP contribution >= 0.6 is 15.9 Å². The molecule has 3 fully saturated rings. The lowest BCUT2D eigenvalue weighted by atomic mass is 9.86. The highest BCUT2D eigenvalue weighted by atomic mass is 79.9. The van der Waals surface area contributed by atoms with E-state index in [-0.39, 0.29) is 6.10 Å². The summed E-state index contributed by atoms with van der Waals surface area (Å²) in [4.78, 5) is 20.1. The first-order valence-corrected chi connectivity index (χ1v) is 10.4. The first-order chi connectivity index (χ1) is 13.6. The molecule has 0 aliphatic carbocycles. The molecule has 3 aromatic heterocycles. The van der Waals surface area contributed by atoms with Crippen molar-refractivity contribution in [2.24, 2.45) is 5.92 Å². The smallest absolute Gasteiger partial charge is 0.213 e. The van der Waals surface area contributed by atoms with Gasteiger partial charge in [0.15, 0.2) is 21.7 Å². The van der Waals surface area contributed by atoms with Crippen molar-refractivity contribution in [3.8, 4) is 5.88 Å². The summed E-state index contributed by atoms with van der Waals surface area (Å²) in [5.41, 5.74) is 8.34. The van der Waals surface area contributed by atoms with Crippen molar-refractivity contribution in [1.29, 1.82) is 0 Å². The van der Waals surface area contributed by atoms with Gasteiger partial charge in [0.1, 0.15) is 11.9 Å². The fourth-order valence-electron chi connectivity index (χ4n) is 4.20. The van der Waals surface area contributed by atoms with E-state index in [0.29, 0.717) is 45.9 Å². The average molecular weight is 444 g/mol. The van der Waals surface area contributed by atoms with Crippen LogP contribution in [0.1, 0.15) is 24.2 Å².